The van der Waals surface area contributed by atoms with E-state index in [1.165, 1.54) is 16.2 Å². The minimum Gasteiger partial charge on any atom is -0.507 e. The van der Waals surface area contributed by atoms with E-state index >= 15 is 0 Å². The Morgan fingerprint density at radius 1 is 1.13 bits per heavy atom. The summed E-state index contributed by atoms with van der Waals surface area (Å²) in [4.78, 5) is 28.5. The summed E-state index contributed by atoms with van der Waals surface area (Å²) in [5.41, 5.74) is 3.29. The Balaban J connectivity index is 1.66. The first-order chi connectivity index (χ1) is 14.9. The fourth-order valence-corrected chi connectivity index (χ4v) is 5.07. The summed E-state index contributed by atoms with van der Waals surface area (Å²) >= 11 is 1.45. The number of fused-ring (bicyclic) bond motifs is 1. The third-order valence-electron chi connectivity index (χ3n) is 5.74. The maximum absolute atomic E-state index is 13.1. The number of hydrogen-bond acceptors (Lipinski definition) is 5. The second-order valence-electron chi connectivity index (χ2n) is 7.98. The SMILES string of the molecule is Cc1ccc(N2C(=O)C(=O)/C(=C(\O)c3ccc4c(c3)CC(C)O4)C2c2cccs2)cc1. The highest BCUT2D eigenvalue weighted by Gasteiger charge is 2.47. The van der Waals surface area contributed by atoms with Gasteiger partial charge < -0.3 is 9.84 Å². The van der Waals surface area contributed by atoms with Crippen molar-refractivity contribution in [3.8, 4) is 5.75 Å². The van der Waals surface area contributed by atoms with Crippen LogP contribution >= 0.6 is 11.3 Å². The lowest BCUT2D eigenvalue weighted by molar-refractivity contribution is -0.132. The summed E-state index contributed by atoms with van der Waals surface area (Å²) in [5, 5.41) is 13.1. The van der Waals surface area contributed by atoms with Crippen LogP contribution in [0.3, 0.4) is 0 Å². The minimum absolute atomic E-state index is 0.0747. The standard InChI is InChI=1S/C25H21NO4S/c1-14-5-8-18(9-6-14)26-22(20-4-3-11-31-20)21(24(28)25(26)29)23(27)16-7-10-19-17(13-16)12-15(2)30-19/h3-11,13,15,22,27H,12H2,1-2H3/b23-21-. The fourth-order valence-electron chi connectivity index (χ4n) is 4.25. The number of carbonyl (C=O) groups is 2. The second kappa shape index (κ2) is 7.39. The van der Waals surface area contributed by atoms with Crippen LogP contribution in [0.25, 0.3) is 5.76 Å². The molecular weight excluding hydrogens is 410 g/mol. The lowest BCUT2D eigenvalue weighted by Crippen LogP contribution is -2.29. The molecule has 2 aliphatic rings. The van der Waals surface area contributed by atoms with E-state index in [1.54, 1.807) is 6.07 Å². The van der Waals surface area contributed by atoms with Gasteiger partial charge in [0.1, 0.15) is 23.7 Å². The fraction of sp³-hybridized carbons (Fsp3) is 0.200. The number of carbonyl (C=O) groups excluding carboxylic acids is 2. The van der Waals surface area contributed by atoms with Crippen LogP contribution in [0.2, 0.25) is 0 Å². The van der Waals surface area contributed by atoms with Gasteiger partial charge in [-0.05, 0) is 61.2 Å². The van der Waals surface area contributed by atoms with Gasteiger partial charge in [-0.3, -0.25) is 14.5 Å². The van der Waals surface area contributed by atoms with E-state index < -0.39 is 17.7 Å². The van der Waals surface area contributed by atoms with Crippen LogP contribution in [-0.4, -0.2) is 22.9 Å². The Kier molecular flexibility index (Phi) is 4.67. The molecule has 5 rings (SSSR count). The smallest absolute Gasteiger partial charge is 0.300 e. The Morgan fingerprint density at radius 3 is 2.61 bits per heavy atom. The summed E-state index contributed by atoms with van der Waals surface area (Å²) in [6, 6.07) is 15.9. The van der Waals surface area contributed by atoms with Gasteiger partial charge in [-0.15, -0.1) is 11.3 Å². The number of rotatable bonds is 3. The van der Waals surface area contributed by atoms with Gasteiger partial charge in [-0.25, -0.2) is 0 Å². The molecule has 1 amide bonds. The zero-order chi connectivity index (χ0) is 21.7. The van der Waals surface area contributed by atoms with Gasteiger partial charge in [0.15, 0.2) is 0 Å². The van der Waals surface area contributed by atoms with Gasteiger partial charge in [0.05, 0.1) is 5.57 Å². The number of benzene rings is 2. The highest BCUT2D eigenvalue weighted by atomic mass is 32.1. The van der Waals surface area contributed by atoms with Gasteiger partial charge in [0, 0.05) is 22.5 Å². The number of ether oxygens (including phenoxy) is 1. The van der Waals surface area contributed by atoms with Crippen molar-refractivity contribution in [3.05, 3.63) is 87.1 Å². The molecule has 2 atom stereocenters. The van der Waals surface area contributed by atoms with Gasteiger partial charge >= 0.3 is 0 Å². The van der Waals surface area contributed by atoms with E-state index in [2.05, 4.69) is 0 Å². The number of ketones is 1. The number of Topliss-reactive ketones (excluding diaryl/α,β-unsaturated/α-hetero) is 1. The van der Waals surface area contributed by atoms with E-state index in [9.17, 15) is 14.7 Å². The molecule has 31 heavy (non-hydrogen) atoms. The van der Waals surface area contributed by atoms with Gasteiger partial charge in [0.2, 0.25) is 0 Å². The van der Waals surface area contributed by atoms with Crippen molar-refractivity contribution in [3.63, 3.8) is 0 Å². The van der Waals surface area contributed by atoms with Crippen LogP contribution in [0.5, 0.6) is 5.75 Å². The molecule has 0 saturated carbocycles. The van der Waals surface area contributed by atoms with Crippen molar-refractivity contribution in [2.75, 3.05) is 4.90 Å². The second-order valence-corrected chi connectivity index (χ2v) is 8.95. The van der Waals surface area contributed by atoms with Crippen molar-refractivity contribution < 1.29 is 19.4 Å². The van der Waals surface area contributed by atoms with Crippen molar-refractivity contribution in [1.82, 2.24) is 0 Å². The number of aliphatic hydroxyl groups is 1. The lowest BCUT2D eigenvalue weighted by atomic mass is 9.98. The molecule has 2 aliphatic heterocycles. The average molecular weight is 432 g/mol. The molecule has 1 fully saturated rings. The molecule has 2 unspecified atom stereocenters. The highest BCUT2D eigenvalue weighted by Crippen LogP contribution is 2.44. The molecule has 5 nitrogen and oxygen atoms in total. The maximum Gasteiger partial charge on any atom is 0.300 e. The zero-order valence-electron chi connectivity index (χ0n) is 17.2. The first-order valence-corrected chi connectivity index (χ1v) is 11.0. The van der Waals surface area contributed by atoms with Gasteiger partial charge in [0.25, 0.3) is 11.7 Å². The summed E-state index contributed by atoms with van der Waals surface area (Å²) in [6.45, 7) is 3.95. The Hall–Kier alpha value is -3.38. The Labute approximate surface area is 184 Å². The third kappa shape index (κ3) is 3.24. The van der Waals surface area contributed by atoms with Gasteiger partial charge in [-0.1, -0.05) is 23.8 Å². The Bertz CT molecular complexity index is 1210. The van der Waals surface area contributed by atoms with Crippen LogP contribution < -0.4 is 9.64 Å². The van der Waals surface area contributed by atoms with Crippen LogP contribution in [-0.2, 0) is 16.0 Å². The Morgan fingerprint density at radius 2 is 1.90 bits per heavy atom. The quantitative estimate of drug-likeness (QED) is 0.360. The molecule has 1 aromatic heterocycles. The van der Waals surface area contributed by atoms with E-state index in [-0.39, 0.29) is 17.4 Å². The molecule has 3 heterocycles. The molecule has 3 aromatic rings. The third-order valence-corrected chi connectivity index (χ3v) is 6.66. The molecule has 0 bridgehead atoms. The predicted molar refractivity (Wildman–Crippen MR) is 121 cm³/mol. The van der Waals surface area contributed by atoms with Crippen LogP contribution in [0.4, 0.5) is 5.69 Å². The molecule has 156 valence electrons. The average Bonchev–Trinajstić information content (AvgIpc) is 3.46. The minimum atomic E-state index is -0.679. The number of aliphatic hydroxyl groups excluding tert-OH is 1. The monoisotopic (exact) mass is 431 g/mol. The van der Waals surface area contributed by atoms with Crippen molar-refractivity contribution in [2.24, 2.45) is 0 Å². The van der Waals surface area contributed by atoms with Crippen LogP contribution in [0, 0.1) is 6.92 Å². The lowest BCUT2D eigenvalue weighted by Gasteiger charge is -2.24. The van der Waals surface area contributed by atoms with Crippen molar-refractivity contribution >= 4 is 34.5 Å². The molecule has 0 aliphatic carbocycles. The van der Waals surface area contributed by atoms with E-state index in [0.717, 1.165) is 28.2 Å². The molecule has 0 radical (unpaired) electrons. The topological polar surface area (TPSA) is 66.8 Å². The largest absolute Gasteiger partial charge is 0.507 e. The number of hydrogen-bond donors (Lipinski definition) is 1. The molecule has 1 saturated heterocycles. The maximum atomic E-state index is 13.1. The van der Waals surface area contributed by atoms with Crippen LogP contribution in [0.1, 0.15) is 34.5 Å². The summed E-state index contributed by atoms with van der Waals surface area (Å²) in [5.74, 6) is -0.684. The first-order valence-electron chi connectivity index (χ1n) is 10.1. The van der Waals surface area contributed by atoms with Crippen LogP contribution in [0.15, 0.2) is 65.6 Å². The zero-order valence-corrected chi connectivity index (χ0v) is 18.0. The highest BCUT2D eigenvalue weighted by molar-refractivity contribution is 7.10. The molecule has 2 aromatic carbocycles. The normalized spacial score (nSPS) is 21.9. The predicted octanol–water partition coefficient (Wildman–Crippen LogP) is 5.01. The van der Waals surface area contributed by atoms with Gasteiger partial charge in [-0.2, -0.15) is 0 Å². The van der Waals surface area contributed by atoms with E-state index in [1.807, 2.05) is 67.8 Å². The number of anilines is 1. The summed E-state index contributed by atoms with van der Waals surface area (Å²) < 4.78 is 5.74. The number of thiophene rings is 1. The molecular formula is C25H21NO4S. The first kappa shape index (κ1) is 19.6. The molecule has 6 heteroatoms. The number of aryl methyl sites for hydroxylation is 1. The number of amides is 1. The van der Waals surface area contributed by atoms with E-state index in [0.29, 0.717) is 11.3 Å². The number of nitrogens with zero attached hydrogens (tertiary/aromatic N) is 1. The summed E-state index contributed by atoms with van der Waals surface area (Å²) in [7, 11) is 0. The van der Waals surface area contributed by atoms with Crippen molar-refractivity contribution in [1.29, 1.82) is 0 Å². The molecule has 1 N–H and O–H groups in total. The summed E-state index contributed by atoms with van der Waals surface area (Å²) in [6.07, 6.45) is 0.813. The van der Waals surface area contributed by atoms with Crippen molar-refractivity contribution in [2.45, 2.75) is 32.4 Å². The molecule has 0 spiro atoms. The van der Waals surface area contributed by atoms with E-state index in [4.69, 9.17) is 4.74 Å².